The fourth-order valence-corrected chi connectivity index (χ4v) is 4.98. The van der Waals surface area contributed by atoms with Gasteiger partial charge < -0.3 is 9.64 Å². The Labute approximate surface area is 188 Å². The van der Waals surface area contributed by atoms with Crippen molar-refractivity contribution in [2.24, 2.45) is 5.92 Å². The predicted octanol–water partition coefficient (Wildman–Crippen LogP) is 5.91. The van der Waals surface area contributed by atoms with Gasteiger partial charge in [-0.25, -0.2) is 9.37 Å². The Kier molecular flexibility index (Phi) is 7.52. The summed E-state index contributed by atoms with van der Waals surface area (Å²) in [5.41, 5.74) is 2.36. The van der Waals surface area contributed by atoms with Crippen molar-refractivity contribution in [3.63, 3.8) is 0 Å². The molecule has 4 rings (SSSR count). The zero-order chi connectivity index (χ0) is 21.5. The Hall–Kier alpha value is -2.47. The van der Waals surface area contributed by atoms with Crippen molar-refractivity contribution < 1.29 is 9.13 Å². The van der Waals surface area contributed by atoms with Gasteiger partial charge in [-0.2, -0.15) is 4.37 Å². The Morgan fingerprint density at radius 1 is 1.10 bits per heavy atom. The van der Waals surface area contributed by atoms with E-state index in [2.05, 4.69) is 27.5 Å². The molecule has 0 saturated carbocycles. The first kappa shape index (κ1) is 21.8. The van der Waals surface area contributed by atoms with Crippen LogP contribution in [-0.2, 0) is 12.8 Å². The van der Waals surface area contributed by atoms with Crippen LogP contribution in [0.3, 0.4) is 0 Å². The standard InChI is InChI=1S/C25H30FN3OS/c1-2-30-23-8-4-3-7-21(23)12-9-19-6-5-16-29(17-15-19)25-27-24(28-31-25)18-20-10-13-22(26)14-11-20/h3-4,7-8,10-11,13-14,19H,2,5-6,9,12,15-18H2,1H3. The lowest BCUT2D eigenvalue weighted by atomic mass is 9.93. The number of aryl methyl sites for hydroxylation is 1. The van der Waals surface area contributed by atoms with Gasteiger partial charge in [0.1, 0.15) is 17.4 Å². The van der Waals surface area contributed by atoms with Crippen molar-refractivity contribution in [1.82, 2.24) is 9.36 Å². The van der Waals surface area contributed by atoms with Crippen LogP contribution in [-0.4, -0.2) is 29.1 Å². The number of anilines is 1. The maximum Gasteiger partial charge on any atom is 0.205 e. The molecule has 3 aromatic rings. The fourth-order valence-electron chi connectivity index (χ4n) is 4.24. The zero-order valence-electron chi connectivity index (χ0n) is 18.1. The van der Waals surface area contributed by atoms with E-state index in [4.69, 9.17) is 9.72 Å². The van der Waals surface area contributed by atoms with E-state index in [1.807, 2.05) is 13.0 Å². The minimum atomic E-state index is -0.212. The molecule has 1 saturated heterocycles. The summed E-state index contributed by atoms with van der Waals surface area (Å²) in [5.74, 6) is 2.37. The topological polar surface area (TPSA) is 38.2 Å². The maximum atomic E-state index is 13.1. The Morgan fingerprint density at radius 2 is 1.94 bits per heavy atom. The van der Waals surface area contributed by atoms with Gasteiger partial charge in [0.05, 0.1) is 6.61 Å². The fraction of sp³-hybridized carbons (Fsp3) is 0.440. The molecule has 6 heteroatoms. The molecule has 1 aromatic heterocycles. The van der Waals surface area contributed by atoms with Crippen molar-refractivity contribution >= 4 is 16.7 Å². The zero-order valence-corrected chi connectivity index (χ0v) is 18.9. The highest BCUT2D eigenvalue weighted by atomic mass is 32.1. The number of aromatic nitrogens is 2. The van der Waals surface area contributed by atoms with Gasteiger partial charge in [-0.15, -0.1) is 0 Å². The molecule has 0 bridgehead atoms. The second-order valence-electron chi connectivity index (χ2n) is 8.16. The van der Waals surface area contributed by atoms with Gasteiger partial charge in [0.25, 0.3) is 0 Å². The van der Waals surface area contributed by atoms with Gasteiger partial charge in [-0.3, -0.25) is 0 Å². The van der Waals surface area contributed by atoms with Crippen molar-refractivity contribution in [3.8, 4) is 5.75 Å². The van der Waals surface area contributed by atoms with E-state index in [1.165, 1.54) is 54.9 Å². The summed E-state index contributed by atoms with van der Waals surface area (Å²) in [6, 6.07) is 15.0. The molecular weight excluding hydrogens is 409 g/mol. The van der Waals surface area contributed by atoms with E-state index in [-0.39, 0.29) is 5.82 Å². The second-order valence-corrected chi connectivity index (χ2v) is 8.89. The third kappa shape index (κ3) is 6.03. The van der Waals surface area contributed by atoms with E-state index >= 15 is 0 Å². The SMILES string of the molecule is CCOc1ccccc1CCC1CCCN(c2nc(Cc3ccc(F)cc3)ns2)CC1. The molecule has 1 aliphatic heterocycles. The molecular formula is C25H30FN3OS. The smallest absolute Gasteiger partial charge is 0.205 e. The highest BCUT2D eigenvalue weighted by Gasteiger charge is 2.20. The highest BCUT2D eigenvalue weighted by Crippen LogP contribution is 2.29. The van der Waals surface area contributed by atoms with Crippen LogP contribution in [0.25, 0.3) is 0 Å². The number of ether oxygens (including phenoxy) is 1. The van der Waals surface area contributed by atoms with E-state index in [1.54, 1.807) is 12.1 Å². The van der Waals surface area contributed by atoms with E-state index in [9.17, 15) is 4.39 Å². The average molecular weight is 440 g/mol. The van der Waals surface area contributed by atoms with Gasteiger partial charge in [-0.1, -0.05) is 30.3 Å². The van der Waals surface area contributed by atoms with Crippen molar-refractivity contribution in [1.29, 1.82) is 0 Å². The first-order chi connectivity index (χ1) is 15.2. The third-order valence-corrected chi connectivity index (χ3v) is 6.76. The molecule has 1 atom stereocenters. The van der Waals surface area contributed by atoms with Gasteiger partial charge in [0.15, 0.2) is 0 Å². The summed E-state index contributed by atoms with van der Waals surface area (Å²) in [5, 5.41) is 1.01. The van der Waals surface area contributed by atoms with Gasteiger partial charge in [-0.05, 0) is 74.3 Å². The molecule has 164 valence electrons. The Bertz CT molecular complexity index is 959. The molecule has 1 aliphatic rings. The van der Waals surface area contributed by atoms with Gasteiger partial charge in [0.2, 0.25) is 5.13 Å². The molecule has 31 heavy (non-hydrogen) atoms. The first-order valence-corrected chi connectivity index (χ1v) is 12.0. The van der Waals surface area contributed by atoms with Crippen LogP contribution in [0.4, 0.5) is 9.52 Å². The molecule has 2 aromatic carbocycles. The summed E-state index contributed by atoms with van der Waals surface area (Å²) in [6.07, 6.45) is 6.54. The molecule has 1 fully saturated rings. The Balaban J connectivity index is 1.30. The molecule has 0 aliphatic carbocycles. The van der Waals surface area contributed by atoms with Crippen LogP contribution < -0.4 is 9.64 Å². The first-order valence-electron chi connectivity index (χ1n) is 11.2. The largest absolute Gasteiger partial charge is 0.494 e. The minimum absolute atomic E-state index is 0.212. The lowest BCUT2D eigenvalue weighted by molar-refractivity contribution is 0.334. The minimum Gasteiger partial charge on any atom is -0.494 e. The maximum absolute atomic E-state index is 13.1. The van der Waals surface area contributed by atoms with Gasteiger partial charge in [0, 0.05) is 31.0 Å². The Morgan fingerprint density at radius 3 is 2.77 bits per heavy atom. The monoisotopic (exact) mass is 439 g/mol. The van der Waals surface area contributed by atoms with Crippen LogP contribution in [0.1, 0.15) is 49.6 Å². The average Bonchev–Trinajstić information content (AvgIpc) is 3.11. The summed E-state index contributed by atoms with van der Waals surface area (Å²) < 4.78 is 23.4. The van der Waals surface area contributed by atoms with Crippen molar-refractivity contribution in [2.45, 2.75) is 45.4 Å². The molecule has 4 nitrogen and oxygen atoms in total. The number of rotatable bonds is 8. The molecule has 2 heterocycles. The van der Waals surface area contributed by atoms with E-state index in [0.29, 0.717) is 13.0 Å². The summed E-state index contributed by atoms with van der Waals surface area (Å²) in [6.45, 7) is 4.82. The van der Waals surface area contributed by atoms with Crippen molar-refractivity contribution in [2.75, 3.05) is 24.6 Å². The third-order valence-electron chi connectivity index (χ3n) is 5.95. The highest BCUT2D eigenvalue weighted by molar-refractivity contribution is 7.09. The number of para-hydroxylation sites is 1. The van der Waals surface area contributed by atoms with Gasteiger partial charge >= 0.3 is 0 Å². The van der Waals surface area contributed by atoms with Crippen LogP contribution in [0.2, 0.25) is 0 Å². The summed E-state index contributed by atoms with van der Waals surface area (Å²) in [4.78, 5) is 7.16. The van der Waals surface area contributed by atoms with Crippen LogP contribution in [0.15, 0.2) is 48.5 Å². The lowest BCUT2D eigenvalue weighted by Crippen LogP contribution is -2.24. The molecule has 0 radical (unpaired) electrons. The molecule has 0 spiro atoms. The van der Waals surface area contributed by atoms with E-state index in [0.717, 1.165) is 47.7 Å². The van der Waals surface area contributed by atoms with Crippen molar-refractivity contribution in [3.05, 3.63) is 71.3 Å². The van der Waals surface area contributed by atoms with Crippen LogP contribution >= 0.6 is 11.5 Å². The predicted molar refractivity (Wildman–Crippen MR) is 125 cm³/mol. The number of benzene rings is 2. The quantitative estimate of drug-likeness (QED) is 0.438. The second kappa shape index (κ2) is 10.7. The molecule has 0 N–H and O–H groups in total. The van der Waals surface area contributed by atoms with E-state index < -0.39 is 0 Å². The molecule has 1 unspecified atom stereocenters. The number of nitrogens with zero attached hydrogens (tertiary/aromatic N) is 3. The summed E-state index contributed by atoms with van der Waals surface area (Å²) >= 11 is 1.48. The number of hydrogen-bond donors (Lipinski definition) is 0. The normalized spacial score (nSPS) is 16.8. The molecule has 0 amide bonds. The van der Waals surface area contributed by atoms with Crippen LogP contribution in [0, 0.1) is 11.7 Å². The summed E-state index contributed by atoms with van der Waals surface area (Å²) in [7, 11) is 0. The number of halogens is 1. The van der Waals surface area contributed by atoms with Crippen LogP contribution in [0.5, 0.6) is 5.75 Å². The lowest BCUT2D eigenvalue weighted by Gasteiger charge is -2.19. The number of hydrogen-bond acceptors (Lipinski definition) is 5.